The van der Waals surface area contributed by atoms with E-state index in [-0.39, 0.29) is 23.6 Å². The average molecular weight is 230 g/mol. The molecule has 1 heterocycles. The van der Waals surface area contributed by atoms with Crippen LogP contribution in [0.2, 0.25) is 0 Å². The van der Waals surface area contributed by atoms with E-state index in [1.807, 2.05) is 24.3 Å². The van der Waals surface area contributed by atoms with E-state index < -0.39 is 0 Å². The molecule has 1 fully saturated rings. The van der Waals surface area contributed by atoms with Crippen molar-refractivity contribution in [3.8, 4) is 0 Å². The van der Waals surface area contributed by atoms with Gasteiger partial charge in [0.05, 0.1) is 12.5 Å². The van der Waals surface area contributed by atoms with Crippen molar-refractivity contribution in [2.45, 2.75) is 19.3 Å². The number of benzene rings is 1. The molecule has 2 aliphatic rings. The minimum atomic E-state index is -0.212. The van der Waals surface area contributed by atoms with Gasteiger partial charge in [-0.05, 0) is 18.4 Å². The summed E-state index contributed by atoms with van der Waals surface area (Å²) in [6.07, 6.45) is 2.10. The van der Waals surface area contributed by atoms with Crippen LogP contribution >= 0.6 is 0 Å². The molecule has 0 amide bonds. The van der Waals surface area contributed by atoms with E-state index in [1.54, 1.807) is 0 Å². The van der Waals surface area contributed by atoms with Gasteiger partial charge in [0, 0.05) is 17.9 Å². The minimum Gasteiger partial charge on any atom is -0.465 e. The Morgan fingerprint density at radius 3 is 2.88 bits per heavy atom. The zero-order valence-electron chi connectivity index (χ0n) is 9.52. The summed E-state index contributed by atoms with van der Waals surface area (Å²) >= 11 is 0. The smallest absolute Gasteiger partial charge is 0.309 e. The summed E-state index contributed by atoms with van der Waals surface area (Å²) in [4.78, 5) is 23.7. The number of carbonyl (C=O) groups is 2. The number of ether oxygens (including phenoxy) is 1. The molecule has 1 aliphatic heterocycles. The first-order valence-corrected chi connectivity index (χ1v) is 6.03. The van der Waals surface area contributed by atoms with Crippen LogP contribution in [0.1, 0.15) is 28.8 Å². The predicted molar refractivity (Wildman–Crippen MR) is 61.6 cm³/mol. The van der Waals surface area contributed by atoms with Gasteiger partial charge < -0.3 is 4.74 Å². The maximum Gasteiger partial charge on any atom is 0.309 e. The van der Waals surface area contributed by atoms with Gasteiger partial charge >= 0.3 is 5.97 Å². The molecule has 2 atom stereocenters. The van der Waals surface area contributed by atoms with E-state index >= 15 is 0 Å². The number of hydrogen-bond acceptors (Lipinski definition) is 3. The Morgan fingerprint density at radius 1 is 1.18 bits per heavy atom. The summed E-state index contributed by atoms with van der Waals surface area (Å²) < 4.78 is 5.07. The normalized spacial score (nSPS) is 27.8. The Bertz CT molecular complexity index is 478. The third-order valence-corrected chi connectivity index (χ3v) is 3.82. The highest BCUT2D eigenvalue weighted by Gasteiger charge is 2.39. The quantitative estimate of drug-likeness (QED) is 0.640. The van der Waals surface area contributed by atoms with Crippen molar-refractivity contribution < 1.29 is 14.3 Å². The number of fused-ring (bicyclic) bond motifs is 2. The van der Waals surface area contributed by atoms with Crippen LogP contribution < -0.4 is 0 Å². The number of Topliss-reactive ketones (excluding diaryl/α,β-unsaturated/α-hetero) is 1. The fraction of sp³-hybridized carbons (Fsp3) is 0.429. The van der Waals surface area contributed by atoms with E-state index in [1.165, 1.54) is 0 Å². The maximum atomic E-state index is 12.1. The highest BCUT2D eigenvalue weighted by molar-refractivity contribution is 5.99. The summed E-state index contributed by atoms with van der Waals surface area (Å²) in [5.41, 5.74) is 1.89. The zero-order chi connectivity index (χ0) is 11.8. The van der Waals surface area contributed by atoms with Gasteiger partial charge in [-0.2, -0.15) is 0 Å². The van der Waals surface area contributed by atoms with Crippen molar-refractivity contribution in [2.75, 3.05) is 6.61 Å². The topological polar surface area (TPSA) is 43.4 Å². The Labute approximate surface area is 99.8 Å². The molecule has 0 aromatic heterocycles. The molecule has 0 bridgehead atoms. The second kappa shape index (κ2) is 3.99. The van der Waals surface area contributed by atoms with Crippen molar-refractivity contribution in [1.82, 2.24) is 0 Å². The number of cyclic esters (lactones) is 1. The van der Waals surface area contributed by atoms with Crippen LogP contribution in [-0.4, -0.2) is 18.4 Å². The molecule has 0 unspecified atom stereocenters. The lowest BCUT2D eigenvalue weighted by Crippen LogP contribution is -2.23. The first-order chi connectivity index (χ1) is 8.25. The molecule has 0 spiro atoms. The largest absolute Gasteiger partial charge is 0.465 e. The summed E-state index contributed by atoms with van der Waals surface area (Å²) in [5, 5.41) is 0. The Hall–Kier alpha value is -1.64. The van der Waals surface area contributed by atoms with Crippen LogP contribution in [0.15, 0.2) is 24.3 Å². The van der Waals surface area contributed by atoms with E-state index in [9.17, 15) is 9.59 Å². The van der Waals surface area contributed by atoms with Gasteiger partial charge in [-0.1, -0.05) is 24.3 Å². The number of hydrogen-bond donors (Lipinski definition) is 0. The lowest BCUT2D eigenvalue weighted by Gasteiger charge is -2.19. The van der Waals surface area contributed by atoms with E-state index in [4.69, 9.17) is 4.74 Å². The molecule has 3 rings (SSSR count). The first-order valence-electron chi connectivity index (χ1n) is 6.03. The summed E-state index contributed by atoms with van der Waals surface area (Å²) in [5.74, 6) is -0.104. The summed E-state index contributed by atoms with van der Waals surface area (Å²) in [6.45, 7) is 0.485. The SMILES string of the molecule is O=C1C[C@H]2C(=O)OC[C@H]2CCc2ccccc21. The molecule has 0 N–H and O–H groups in total. The molecule has 1 aliphatic carbocycles. The lowest BCUT2D eigenvalue weighted by atomic mass is 9.81. The standard InChI is InChI=1S/C14H14O3/c15-13-7-12-10(8-17-14(12)16)6-5-9-3-1-2-4-11(9)13/h1-4,10,12H,5-8H2/t10-,12-/m1/s1. The number of carbonyl (C=O) groups excluding carboxylic acids is 2. The zero-order valence-corrected chi connectivity index (χ0v) is 9.52. The molecule has 1 aromatic rings. The molecule has 1 aromatic carbocycles. The summed E-state index contributed by atoms with van der Waals surface area (Å²) in [6, 6.07) is 7.70. The van der Waals surface area contributed by atoms with Gasteiger partial charge in [-0.3, -0.25) is 9.59 Å². The van der Waals surface area contributed by atoms with Crippen LogP contribution in [0.5, 0.6) is 0 Å². The molecule has 88 valence electrons. The van der Waals surface area contributed by atoms with Crippen LogP contribution in [-0.2, 0) is 16.0 Å². The summed E-state index contributed by atoms with van der Waals surface area (Å²) in [7, 11) is 0. The van der Waals surface area contributed by atoms with Gasteiger partial charge in [0.1, 0.15) is 0 Å². The van der Waals surface area contributed by atoms with Gasteiger partial charge in [-0.15, -0.1) is 0 Å². The maximum absolute atomic E-state index is 12.1. The van der Waals surface area contributed by atoms with Crippen molar-refractivity contribution in [1.29, 1.82) is 0 Å². The molecular weight excluding hydrogens is 216 g/mol. The Morgan fingerprint density at radius 2 is 2.00 bits per heavy atom. The highest BCUT2D eigenvalue weighted by atomic mass is 16.5. The van der Waals surface area contributed by atoms with Crippen molar-refractivity contribution in [2.24, 2.45) is 11.8 Å². The number of ketones is 1. The molecule has 0 radical (unpaired) electrons. The molecule has 0 saturated carbocycles. The van der Waals surface area contributed by atoms with Gasteiger partial charge in [-0.25, -0.2) is 0 Å². The fourth-order valence-electron chi connectivity index (χ4n) is 2.80. The van der Waals surface area contributed by atoms with Gasteiger partial charge in [0.15, 0.2) is 5.78 Å². The van der Waals surface area contributed by atoms with Crippen LogP contribution in [0.25, 0.3) is 0 Å². The van der Waals surface area contributed by atoms with Crippen LogP contribution in [0.4, 0.5) is 0 Å². The Kier molecular flexibility index (Phi) is 2.46. The number of esters is 1. The third kappa shape index (κ3) is 1.75. The lowest BCUT2D eigenvalue weighted by molar-refractivity contribution is -0.141. The van der Waals surface area contributed by atoms with Crippen molar-refractivity contribution >= 4 is 11.8 Å². The van der Waals surface area contributed by atoms with Crippen LogP contribution in [0.3, 0.4) is 0 Å². The van der Waals surface area contributed by atoms with Crippen molar-refractivity contribution in [3.05, 3.63) is 35.4 Å². The van der Waals surface area contributed by atoms with Crippen LogP contribution in [0, 0.1) is 11.8 Å². The number of rotatable bonds is 0. The van der Waals surface area contributed by atoms with Gasteiger partial charge in [0.2, 0.25) is 0 Å². The fourth-order valence-corrected chi connectivity index (χ4v) is 2.80. The minimum absolute atomic E-state index is 0.0779. The Balaban J connectivity index is 1.96. The second-order valence-electron chi connectivity index (χ2n) is 4.82. The van der Waals surface area contributed by atoms with E-state index in [0.29, 0.717) is 13.0 Å². The molecular formula is C14H14O3. The molecule has 3 nitrogen and oxygen atoms in total. The first kappa shape index (κ1) is 10.5. The molecule has 3 heteroatoms. The average Bonchev–Trinajstić information content (AvgIpc) is 2.66. The van der Waals surface area contributed by atoms with E-state index in [0.717, 1.165) is 24.0 Å². The monoisotopic (exact) mass is 230 g/mol. The highest BCUT2D eigenvalue weighted by Crippen LogP contribution is 2.33. The predicted octanol–water partition coefficient (Wildman–Crippen LogP) is 1.99. The molecule has 17 heavy (non-hydrogen) atoms. The van der Waals surface area contributed by atoms with Crippen molar-refractivity contribution in [3.63, 3.8) is 0 Å². The molecule has 1 saturated heterocycles. The third-order valence-electron chi connectivity index (χ3n) is 3.82. The second-order valence-corrected chi connectivity index (χ2v) is 4.82. The van der Waals surface area contributed by atoms with Gasteiger partial charge in [0.25, 0.3) is 0 Å². The van der Waals surface area contributed by atoms with E-state index in [2.05, 4.69) is 0 Å². The number of aryl methyl sites for hydroxylation is 1.